The van der Waals surface area contributed by atoms with Crippen LogP contribution in [0.1, 0.15) is 59.1 Å². The molecule has 0 saturated heterocycles. The van der Waals surface area contributed by atoms with Crippen molar-refractivity contribution < 1.29 is 27.8 Å². The van der Waals surface area contributed by atoms with Crippen molar-refractivity contribution in [1.29, 1.82) is 0 Å². The third kappa shape index (κ3) is 6.23. The number of ether oxygens (including phenoxy) is 1. The topological polar surface area (TPSA) is 95.5 Å². The molecule has 1 aliphatic carbocycles. The Balaban J connectivity index is 1.11. The molecule has 1 unspecified atom stereocenters. The van der Waals surface area contributed by atoms with Gasteiger partial charge in [-0.05, 0) is 90.4 Å². The van der Waals surface area contributed by atoms with Gasteiger partial charge in [0.25, 0.3) is 11.5 Å². The zero-order valence-electron chi connectivity index (χ0n) is 25.8. The average molecular weight is 652 g/mol. The molecule has 1 amide bonds. The number of aliphatic hydroxyl groups is 1. The van der Waals surface area contributed by atoms with E-state index in [9.17, 15) is 27.9 Å². The third-order valence-corrected chi connectivity index (χ3v) is 9.13. The number of aryl methyl sites for hydroxylation is 1. The number of amides is 1. The zero-order chi connectivity index (χ0) is 33.5. The van der Waals surface area contributed by atoms with E-state index in [4.69, 9.17) is 9.72 Å². The van der Waals surface area contributed by atoms with Crippen LogP contribution in [0.25, 0.3) is 11.1 Å². The van der Waals surface area contributed by atoms with Crippen molar-refractivity contribution in [3.63, 3.8) is 0 Å². The predicted octanol–water partition coefficient (Wildman–Crippen LogP) is 7.34. The van der Waals surface area contributed by atoms with Gasteiger partial charge in [-0.2, -0.15) is 13.2 Å². The number of nitrogens with zero attached hydrogens (tertiary/aromatic N) is 2. The Morgan fingerprint density at radius 3 is 2.35 bits per heavy atom. The fraction of sp³-hybridized carbons (Fsp3) is 0.237. The highest BCUT2D eigenvalue weighted by Crippen LogP contribution is 2.52. The smallest absolute Gasteiger partial charge is 0.416 e. The van der Waals surface area contributed by atoms with Crippen molar-refractivity contribution in [3.05, 3.63) is 147 Å². The van der Waals surface area contributed by atoms with Crippen LogP contribution in [0.15, 0.2) is 108 Å². The lowest BCUT2D eigenvalue weighted by Gasteiger charge is -2.24. The highest BCUT2D eigenvalue weighted by atomic mass is 19.4. The first-order chi connectivity index (χ1) is 23.1. The summed E-state index contributed by atoms with van der Waals surface area (Å²) in [6.45, 7) is 0.285. The van der Waals surface area contributed by atoms with Crippen LogP contribution in [0.5, 0.6) is 11.5 Å². The normalized spacial score (nSPS) is 16.0. The van der Waals surface area contributed by atoms with Gasteiger partial charge in [0.1, 0.15) is 17.3 Å². The Morgan fingerprint density at radius 1 is 0.896 bits per heavy atom. The van der Waals surface area contributed by atoms with Gasteiger partial charge in [-0.15, -0.1) is 0 Å². The molecule has 4 aromatic carbocycles. The van der Waals surface area contributed by atoms with E-state index < -0.39 is 29.2 Å². The molecule has 10 heteroatoms. The van der Waals surface area contributed by atoms with E-state index in [0.29, 0.717) is 53.3 Å². The lowest BCUT2D eigenvalue weighted by atomic mass is 9.94. The summed E-state index contributed by atoms with van der Waals surface area (Å²) >= 11 is 0. The van der Waals surface area contributed by atoms with Crippen LogP contribution in [-0.4, -0.2) is 32.4 Å². The highest BCUT2D eigenvalue weighted by Gasteiger charge is 2.49. The van der Waals surface area contributed by atoms with Crippen LogP contribution in [0.4, 0.5) is 13.2 Å². The first kappa shape index (κ1) is 31.4. The summed E-state index contributed by atoms with van der Waals surface area (Å²) in [5.41, 5.74) is 1.46. The Morgan fingerprint density at radius 2 is 1.60 bits per heavy atom. The van der Waals surface area contributed by atoms with E-state index in [1.807, 2.05) is 54.6 Å². The summed E-state index contributed by atoms with van der Waals surface area (Å²) in [7, 11) is 0. The fourth-order valence-corrected chi connectivity index (χ4v) is 6.38. The number of aliphatic hydroxyl groups excluding tert-OH is 1. The maximum atomic E-state index is 13.6. The molecule has 2 N–H and O–H groups in total. The molecule has 2 heterocycles. The van der Waals surface area contributed by atoms with Crippen LogP contribution in [0.3, 0.4) is 0 Å². The lowest BCUT2D eigenvalue weighted by Crippen LogP contribution is -2.36. The molecule has 1 aromatic heterocycles. The number of aromatic nitrogens is 2. The van der Waals surface area contributed by atoms with E-state index in [1.54, 1.807) is 24.3 Å². The minimum absolute atomic E-state index is 0.0193. The van der Waals surface area contributed by atoms with Crippen LogP contribution in [-0.2, 0) is 29.4 Å². The van der Waals surface area contributed by atoms with Gasteiger partial charge < -0.3 is 19.7 Å². The SMILES string of the molecule is O=C(C(O)c1cccc(-c2cccc(C(F)(F)F)c2)c1)N1CCCc2nc(C3(c4cccc(Oc5ccccc5)c4)CC3)[nH]c(=O)c2C1. The Labute approximate surface area is 274 Å². The number of alkyl halides is 3. The summed E-state index contributed by atoms with van der Waals surface area (Å²) in [4.78, 5) is 36.5. The highest BCUT2D eigenvalue weighted by molar-refractivity contribution is 5.83. The maximum Gasteiger partial charge on any atom is 0.416 e. The largest absolute Gasteiger partial charge is 0.457 e. The molecule has 5 aromatic rings. The summed E-state index contributed by atoms with van der Waals surface area (Å²) in [6, 6.07) is 28.5. The first-order valence-corrected chi connectivity index (χ1v) is 15.8. The number of benzene rings is 4. The molecule has 7 rings (SSSR count). The lowest BCUT2D eigenvalue weighted by molar-refractivity contribution is -0.141. The summed E-state index contributed by atoms with van der Waals surface area (Å²) < 4.78 is 45.9. The van der Waals surface area contributed by atoms with Gasteiger partial charge in [0, 0.05) is 6.54 Å². The van der Waals surface area contributed by atoms with E-state index in [1.165, 1.54) is 17.0 Å². The van der Waals surface area contributed by atoms with E-state index in [-0.39, 0.29) is 17.7 Å². The van der Waals surface area contributed by atoms with Crippen LogP contribution in [0.2, 0.25) is 0 Å². The quantitative estimate of drug-likeness (QED) is 0.192. The molecule has 244 valence electrons. The number of hydrogen-bond acceptors (Lipinski definition) is 5. The van der Waals surface area contributed by atoms with Gasteiger partial charge >= 0.3 is 6.18 Å². The molecule has 1 aliphatic heterocycles. The van der Waals surface area contributed by atoms with Crippen molar-refractivity contribution in [2.24, 2.45) is 0 Å². The van der Waals surface area contributed by atoms with Crippen molar-refractivity contribution in [2.75, 3.05) is 6.54 Å². The van der Waals surface area contributed by atoms with Crippen molar-refractivity contribution in [3.8, 4) is 22.6 Å². The monoisotopic (exact) mass is 651 g/mol. The van der Waals surface area contributed by atoms with Gasteiger partial charge in [-0.3, -0.25) is 9.59 Å². The van der Waals surface area contributed by atoms with Crippen LogP contribution >= 0.6 is 0 Å². The molecule has 7 nitrogen and oxygen atoms in total. The molecule has 0 spiro atoms. The van der Waals surface area contributed by atoms with Crippen molar-refractivity contribution in [1.82, 2.24) is 14.9 Å². The first-order valence-electron chi connectivity index (χ1n) is 15.8. The molecule has 48 heavy (non-hydrogen) atoms. The minimum Gasteiger partial charge on any atom is -0.457 e. The molecular formula is C38H32F3N3O4. The number of hydrogen-bond donors (Lipinski definition) is 2. The number of halogens is 3. The Kier molecular flexibility index (Phi) is 8.12. The molecule has 0 bridgehead atoms. The summed E-state index contributed by atoms with van der Waals surface area (Å²) in [6.07, 6.45) is -3.39. The third-order valence-electron chi connectivity index (χ3n) is 9.13. The number of para-hydroxylation sites is 1. The number of nitrogens with one attached hydrogen (secondary N) is 1. The number of carbonyl (C=O) groups excluding carboxylic acids is 1. The molecule has 1 atom stereocenters. The van der Waals surface area contributed by atoms with Gasteiger partial charge in [-0.1, -0.05) is 60.7 Å². The van der Waals surface area contributed by atoms with Crippen molar-refractivity contribution >= 4 is 5.91 Å². The van der Waals surface area contributed by atoms with E-state index >= 15 is 0 Å². The van der Waals surface area contributed by atoms with Gasteiger partial charge in [-0.25, -0.2) is 4.98 Å². The molecule has 2 aliphatic rings. The molecular weight excluding hydrogens is 619 g/mol. The van der Waals surface area contributed by atoms with Crippen LogP contribution in [0, 0.1) is 0 Å². The Hall–Kier alpha value is -5.22. The molecule has 0 radical (unpaired) electrons. The number of aromatic amines is 1. The second kappa shape index (κ2) is 12.4. The van der Waals surface area contributed by atoms with Gasteiger partial charge in [0.15, 0.2) is 6.10 Å². The number of rotatable bonds is 7. The minimum atomic E-state index is -4.50. The molecule has 1 fully saturated rings. The standard InChI is InChI=1S/C38H32F3N3O4/c39-38(40,41)28-12-5-9-25(21-28)24-8-4-10-26(20-24)33(45)35(47)44-19-7-16-32-31(23-44)34(46)43-36(42-32)37(17-18-37)27-11-6-15-30(22-27)48-29-13-2-1-3-14-29/h1-6,8-15,20-22,33,45H,7,16-19,23H2,(H,42,43,46). The fourth-order valence-electron chi connectivity index (χ4n) is 6.38. The molecule has 1 saturated carbocycles. The number of H-pyrrole nitrogens is 1. The maximum absolute atomic E-state index is 13.6. The van der Waals surface area contributed by atoms with E-state index in [2.05, 4.69) is 4.98 Å². The second-order valence-corrected chi connectivity index (χ2v) is 12.3. The Bertz CT molecular complexity index is 2040. The number of carbonyl (C=O) groups is 1. The average Bonchev–Trinajstić information content (AvgIpc) is 3.93. The van der Waals surface area contributed by atoms with E-state index in [0.717, 1.165) is 36.3 Å². The van der Waals surface area contributed by atoms with Crippen LogP contribution < -0.4 is 10.3 Å². The summed E-state index contributed by atoms with van der Waals surface area (Å²) in [5, 5.41) is 11.1. The second-order valence-electron chi connectivity index (χ2n) is 12.3. The van der Waals surface area contributed by atoms with Gasteiger partial charge in [0.05, 0.1) is 28.8 Å². The number of fused-ring (bicyclic) bond motifs is 1. The van der Waals surface area contributed by atoms with Gasteiger partial charge in [0.2, 0.25) is 0 Å². The van der Waals surface area contributed by atoms with Crippen molar-refractivity contribution in [2.45, 2.75) is 49.9 Å². The zero-order valence-corrected chi connectivity index (χ0v) is 25.8. The summed E-state index contributed by atoms with van der Waals surface area (Å²) in [5.74, 6) is 1.41. The predicted molar refractivity (Wildman–Crippen MR) is 173 cm³/mol.